The Balaban J connectivity index is 1.76. The molecule has 0 saturated heterocycles. The molecule has 2 N–H and O–H groups in total. The van der Waals surface area contributed by atoms with E-state index in [1.54, 1.807) is 19.2 Å². The summed E-state index contributed by atoms with van der Waals surface area (Å²) >= 11 is 0. The second-order valence-electron chi connectivity index (χ2n) is 6.47. The van der Waals surface area contributed by atoms with Crippen LogP contribution in [0.5, 0.6) is 11.5 Å². The van der Waals surface area contributed by atoms with Crippen LogP contribution in [-0.4, -0.2) is 56.6 Å². The normalized spacial score (nSPS) is 10.4. The molecule has 29 heavy (non-hydrogen) atoms. The predicted molar refractivity (Wildman–Crippen MR) is 113 cm³/mol. The summed E-state index contributed by atoms with van der Waals surface area (Å²) in [4.78, 5) is 26.4. The molecule has 2 amide bonds. The molecule has 7 heteroatoms. The van der Waals surface area contributed by atoms with Crippen LogP contribution in [0.2, 0.25) is 0 Å². The van der Waals surface area contributed by atoms with Crippen molar-refractivity contribution in [3.8, 4) is 11.5 Å². The molecule has 0 radical (unpaired) electrons. The fourth-order valence-corrected chi connectivity index (χ4v) is 2.81. The van der Waals surface area contributed by atoms with Gasteiger partial charge in [-0.05, 0) is 37.2 Å². The lowest BCUT2D eigenvalue weighted by Crippen LogP contribution is -2.42. The maximum atomic E-state index is 12.4. The minimum Gasteiger partial charge on any atom is -0.495 e. The Labute approximate surface area is 172 Å². The number of benzene rings is 2. The van der Waals surface area contributed by atoms with Crippen LogP contribution in [-0.2, 0) is 9.59 Å². The quantitative estimate of drug-likeness (QED) is 0.536. The van der Waals surface area contributed by atoms with E-state index < -0.39 is 0 Å². The zero-order chi connectivity index (χ0) is 20.9. The number of methoxy groups -OCH3 is 1. The first kappa shape index (κ1) is 22.2. The van der Waals surface area contributed by atoms with E-state index in [1.807, 2.05) is 54.3 Å². The van der Waals surface area contributed by atoms with Gasteiger partial charge in [0.05, 0.1) is 32.4 Å². The Kier molecular flexibility index (Phi) is 9.51. The molecule has 0 saturated carbocycles. The molecule has 0 fully saturated rings. The number of para-hydroxylation sites is 3. The maximum Gasteiger partial charge on any atom is 0.238 e. The van der Waals surface area contributed by atoms with E-state index in [2.05, 4.69) is 10.6 Å². The van der Waals surface area contributed by atoms with Crippen molar-refractivity contribution in [2.45, 2.75) is 13.3 Å². The van der Waals surface area contributed by atoms with Crippen molar-refractivity contribution < 1.29 is 19.1 Å². The molecule has 0 aromatic heterocycles. The number of hydrogen-bond donors (Lipinski definition) is 2. The summed E-state index contributed by atoms with van der Waals surface area (Å²) in [6.45, 7) is 3.72. The molecule has 2 aromatic carbocycles. The topological polar surface area (TPSA) is 79.9 Å². The van der Waals surface area contributed by atoms with Crippen molar-refractivity contribution in [3.63, 3.8) is 0 Å². The fraction of sp³-hybridized carbons (Fsp3) is 0.364. The Morgan fingerprint density at radius 1 is 0.966 bits per heavy atom. The molecule has 2 aromatic rings. The van der Waals surface area contributed by atoms with Crippen molar-refractivity contribution in [1.82, 2.24) is 10.2 Å². The van der Waals surface area contributed by atoms with Crippen molar-refractivity contribution in [3.05, 3.63) is 54.6 Å². The minimum atomic E-state index is -0.192. The molecular formula is C22H29N3O4. The Bertz CT molecular complexity index is 768. The Hall–Kier alpha value is -3.06. The number of amides is 2. The van der Waals surface area contributed by atoms with Gasteiger partial charge in [-0.1, -0.05) is 37.3 Å². The summed E-state index contributed by atoms with van der Waals surface area (Å²) in [6.07, 6.45) is 0.840. The number of nitrogens with one attached hydrogen (secondary N) is 2. The molecule has 156 valence electrons. The third kappa shape index (κ3) is 8.23. The van der Waals surface area contributed by atoms with Crippen LogP contribution in [0.25, 0.3) is 0 Å². The monoisotopic (exact) mass is 399 g/mol. The summed E-state index contributed by atoms with van der Waals surface area (Å²) in [7, 11) is 1.56. The summed E-state index contributed by atoms with van der Waals surface area (Å²) in [5.41, 5.74) is 0.610. The van der Waals surface area contributed by atoms with Gasteiger partial charge in [-0.25, -0.2) is 0 Å². The van der Waals surface area contributed by atoms with Gasteiger partial charge in [0, 0.05) is 0 Å². The standard InChI is InChI=1S/C22H29N3O4/c1-3-14-25(17-22(27)24-19-11-7-8-12-20(19)28-2)16-21(26)23-13-15-29-18-9-5-4-6-10-18/h4-12H,3,13-17H2,1-2H3,(H,23,26)(H,24,27). The van der Waals surface area contributed by atoms with Gasteiger partial charge in [0.2, 0.25) is 11.8 Å². The molecule has 0 aliphatic heterocycles. The average Bonchev–Trinajstić information content (AvgIpc) is 2.72. The van der Waals surface area contributed by atoms with Crippen molar-refractivity contribution in [2.75, 3.05) is 45.2 Å². The van der Waals surface area contributed by atoms with E-state index in [9.17, 15) is 9.59 Å². The summed E-state index contributed by atoms with van der Waals surface area (Å²) < 4.78 is 10.8. The lowest BCUT2D eigenvalue weighted by molar-refractivity contribution is -0.123. The molecule has 0 heterocycles. The Morgan fingerprint density at radius 3 is 2.38 bits per heavy atom. The largest absolute Gasteiger partial charge is 0.495 e. The van der Waals surface area contributed by atoms with Crippen LogP contribution >= 0.6 is 0 Å². The number of hydrogen-bond acceptors (Lipinski definition) is 5. The zero-order valence-electron chi connectivity index (χ0n) is 17.0. The van der Waals surface area contributed by atoms with Crippen molar-refractivity contribution in [2.24, 2.45) is 0 Å². The van der Waals surface area contributed by atoms with E-state index in [4.69, 9.17) is 9.47 Å². The first-order valence-corrected chi connectivity index (χ1v) is 9.72. The van der Waals surface area contributed by atoms with Gasteiger partial charge in [0.1, 0.15) is 18.1 Å². The zero-order valence-corrected chi connectivity index (χ0v) is 17.0. The summed E-state index contributed by atoms with van der Waals surface area (Å²) in [5.74, 6) is 1.03. The van der Waals surface area contributed by atoms with Crippen LogP contribution in [0.1, 0.15) is 13.3 Å². The maximum absolute atomic E-state index is 12.4. The number of rotatable bonds is 12. The molecule has 0 atom stereocenters. The van der Waals surface area contributed by atoms with E-state index in [0.29, 0.717) is 31.1 Å². The van der Waals surface area contributed by atoms with Crippen molar-refractivity contribution >= 4 is 17.5 Å². The van der Waals surface area contributed by atoms with Crippen LogP contribution in [0, 0.1) is 0 Å². The number of ether oxygens (including phenoxy) is 2. The van der Waals surface area contributed by atoms with Crippen LogP contribution in [0.4, 0.5) is 5.69 Å². The molecule has 0 unspecified atom stereocenters. The third-order valence-corrected chi connectivity index (χ3v) is 4.09. The smallest absolute Gasteiger partial charge is 0.238 e. The van der Waals surface area contributed by atoms with E-state index in [1.165, 1.54) is 0 Å². The first-order valence-electron chi connectivity index (χ1n) is 9.72. The summed E-state index contributed by atoms with van der Waals surface area (Å²) in [6, 6.07) is 16.7. The van der Waals surface area contributed by atoms with Crippen LogP contribution in [0.3, 0.4) is 0 Å². The number of anilines is 1. The second kappa shape index (κ2) is 12.4. The molecule has 2 rings (SSSR count). The fourth-order valence-electron chi connectivity index (χ4n) is 2.81. The molecule has 0 spiro atoms. The SMILES string of the molecule is CCCN(CC(=O)NCCOc1ccccc1)CC(=O)Nc1ccccc1OC. The molecule has 0 aliphatic carbocycles. The van der Waals surface area contributed by atoms with Crippen LogP contribution in [0.15, 0.2) is 54.6 Å². The van der Waals surface area contributed by atoms with Gasteiger partial charge in [-0.15, -0.1) is 0 Å². The molecule has 7 nitrogen and oxygen atoms in total. The van der Waals surface area contributed by atoms with E-state index in [-0.39, 0.29) is 24.9 Å². The molecule has 0 bridgehead atoms. The molecule has 0 aliphatic rings. The summed E-state index contributed by atoms with van der Waals surface area (Å²) in [5, 5.41) is 5.66. The van der Waals surface area contributed by atoms with Gasteiger partial charge < -0.3 is 20.1 Å². The number of carbonyl (C=O) groups excluding carboxylic acids is 2. The van der Waals surface area contributed by atoms with Crippen LogP contribution < -0.4 is 20.1 Å². The highest BCUT2D eigenvalue weighted by molar-refractivity contribution is 5.94. The molecular weight excluding hydrogens is 370 g/mol. The van der Waals surface area contributed by atoms with E-state index in [0.717, 1.165) is 12.2 Å². The van der Waals surface area contributed by atoms with Gasteiger partial charge in [-0.2, -0.15) is 0 Å². The van der Waals surface area contributed by atoms with Gasteiger partial charge in [0.15, 0.2) is 0 Å². The lowest BCUT2D eigenvalue weighted by atomic mass is 10.3. The Morgan fingerprint density at radius 2 is 1.66 bits per heavy atom. The lowest BCUT2D eigenvalue weighted by Gasteiger charge is -2.21. The highest BCUT2D eigenvalue weighted by atomic mass is 16.5. The van der Waals surface area contributed by atoms with Crippen molar-refractivity contribution in [1.29, 1.82) is 0 Å². The number of carbonyl (C=O) groups is 2. The highest BCUT2D eigenvalue weighted by Gasteiger charge is 2.15. The number of nitrogens with zero attached hydrogens (tertiary/aromatic N) is 1. The first-order chi connectivity index (χ1) is 14.1. The second-order valence-corrected chi connectivity index (χ2v) is 6.47. The van der Waals surface area contributed by atoms with Gasteiger partial charge >= 0.3 is 0 Å². The average molecular weight is 399 g/mol. The predicted octanol–water partition coefficient (Wildman–Crippen LogP) is 2.54. The van der Waals surface area contributed by atoms with Gasteiger partial charge in [0.25, 0.3) is 0 Å². The highest BCUT2D eigenvalue weighted by Crippen LogP contribution is 2.22. The minimum absolute atomic E-state index is 0.125. The van der Waals surface area contributed by atoms with E-state index >= 15 is 0 Å². The van der Waals surface area contributed by atoms with Gasteiger partial charge in [-0.3, -0.25) is 14.5 Å². The third-order valence-electron chi connectivity index (χ3n) is 4.09.